The highest BCUT2D eigenvalue weighted by molar-refractivity contribution is 7.98. The maximum absolute atomic E-state index is 11.0. The van der Waals surface area contributed by atoms with Gasteiger partial charge in [0.15, 0.2) is 0 Å². The average molecular weight is 274 g/mol. The van der Waals surface area contributed by atoms with Crippen LogP contribution in [-0.4, -0.2) is 31.8 Å². The van der Waals surface area contributed by atoms with Crippen LogP contribution >= 0.6 is 11.8 Å². The molecule has 0 spiro atoms. The van der Waals surface area contributed by atoms with Gasteiger partial charge in [-0.15, -0.1) is 11.8 Å². The van der Waals surface area contributed by atoms with E-state index in [-0.39, 0.29) is 5.75 Å². The largest absolute Gasteiger partial charge is 0.388 e. The second kappa shape index (κ2) is 6.42. The van der Waals surface area contributed by atoms with Gasteiger partial charge in [-0.1, -0.05) is 18.2 Å². The van der Waals surface area contributed by atoms with Gasteiger partial charge in [-0.25, -0.2) is 8.42 Å². The summed E-state index contributed by atoms with van der Waals surface area (Å²) in [6, 6.07) is 7.66. The van der Waals surface area contributed by atoms with Gasteiger partial charge in [-0.2, -0.15) is 0 Å². The van der Waals surface area contributed by atoms with Gasteiger partial charge in [0.05, 0.1) is 6.10 Å². The smallest absolute Gasteiger partial charge is 0.147 e. The van der Waals surface area contributed by atoms with Gasteiger partial charge in [0.25, 0.3) is 0 Å². The van der Waals surface area contributed by atoms with Crippen molar-refractivity contribution >= 4 is 21.6 Å². The van der Waals surface area contributed by atoms with Gasteiger partial charge in [-0.3, -0.25) is 0 Å². The van der Waals surface area contributed by atoms with Crippen LogP contribution in [0.3, 0.4) is 0 Å². The molecule has 1 unspecified atom stereocenters. The first kappa shape index (κ1) is 14.5. The summed E-state index contributed by atoms with van der Waals surface area (Å²) in [5.41, 5.74) is 0.883. The van der Waals surface area contributed by atoms with E-state index in [1.807, 2.05) is 30.5 Å². The number of rotatable bonds is 6. The molecule has 0 amide bonds. The van der Waals surface area contributed by atoms with Gasteiger partial charge in [-0.05, 0) is 30.7 Å². The number of benzene rings is 1. The van der Waals surface area contributed by atoms with Crippen LogP contribution in [0.4, 0.5) is 0 Å². The summed E-state index contributed by atoms with van der Waals surface area (Å²) in [5, 5.41) is 10.0. The normalized spacial score (nSPS) is 13.6. The molecule has 1 rings (SSSR count). The van der Waals surface area contributed by atoms with Gasteiger partial charge >= 0.3 is 0 Å². The molecule has 1 aromatic carbocycles. The molecular weight excluding hydrogens is 256 g/mol. The molecule has 0 saturated carbocycles. The number of thioether (sulfide) groups is 1. The summed E-state index contributed by atoms with van der Waals surface area (Å²) in [6.45, 7) is 0. The summed E-state index contributed by atoms with van der Waals surface area (Å²) in [4.78, 5) is 1.04. The molecule has 0 heterocycles. The second-order valence-corrected chi connectivity index (χ2v) is 7.14. The molecule has 0 bridgehead atoms. The van der Waals surface area contributed by atoms with E-state index in [0.29, 0.717) is 12.8 Å². The van der Waals surface area contributed by atoms with E-state index < -0.39 is 15.9 Å². The zero-order valence-corrected chi connectivity index (χ0v) is 11.7. The fraction of sp³-hybridized carbons (Fsp3) is 0.500. The van der Waals surface area contributed by atoms with Crippen molar-refractivity contribution in [1.82, 2.24) is 0 Å². The van der Waals surface area contributed by atoms with Gasteiger partial charge in [0.1, 0.15) is 9.84 Å². The summed E-state index contributed by atoms with van der Waals surface area (Å²) in [6.07, 6.45) is 3.56. The summed E-state index contributed by atoms with van der Waals surface area (Å²) >= 11 is 1.58. The number of sulfone groups is 1. The average Bonchev–Trinajstić information content (AvgIpc) is 2.27. The topological polar surface area (TPSA) is 54.4 Å². The highest BCUT2D eigenvalue weighted by Crippen LogP contribution is 2.28. The molecule has 0 aliphatic carbocycles. The molecule has 3 nitrogen and oxygen atoms in total. The van der Waals surface area contributed by atoms with Gasteiger partial charge < -0.3 is 5.11 Å². The van der Waals surface area contributed by atoms with E-state index in [9.17, 15) is 13.5 Å². The van der Waals surface area contributed by atoms with Crippen LogP contribution < -0.4 is 0 Å². The highest BCUT2D eigenvalue weighted by atomic mass is 32.2. The Balaban J connectivity index is 2.61. The van der Waals surface area contributed by atoms with E-state index in [1.54, 1.807) is 11.8 Å². The lowest BCUT2D eigenvalue weighted by Gasteiger charge is -2.13. The maximum Gasteiger partial charge on any atom is 0.147 e. The fourth-order valence-electron chi connectivity index (χ4n) is 1.64. The van der Waals surface area contributed by atoms with E-state index >= 15 is 0 Å². The third kappa shape index (κ3) is 5.10. The molecule has 1 aromatic rings. The lowest BCUT2D eigenvalue weighted by molar-refractivity contribution is 0.164. The minimum Gasteiger partial charge on any atom is -0.388 e. The lowest BCUT2D eigenvalue weighted by Crippen LogP contribution is -2.06. The zero-order chi connectivity index (χ0) is 12.9. The molecule has 0 saturated heterocycles. The number of hydrogen-bond acceptors (Lipinski definition) is 4. The molecule has 0 fully saturated rings. The van der Waals surface area contributed by atoms with Crippen molar-refractivity contribution in [1.29, 1.82) is 0 Å². The fourth-order valence-corrected chi connectivity index (χ4v) is 2.98. The molecule has 0 aromatic heterocycles. The molecule has 17 heavy (non-hydrogen) atoms. The maximum atomic E-state index is 11.0. The molecule has 96 valence electrons. The number of aliphatic hydroxyl groups is 1. The Labute approximate surface area is 107 Å². The zero-order valence-electron chi connectivity index (χ0n) is 10.1. The Morgan fingerprint density at radius 2 is 2.00 bits per heavy atom. The van der Waals surface area contributed by atoms with Crippen molar-refractivity contribution in [3.63, 3.8) is 0 Å². The molecule has 1 N–H and O–H groups in total. The third-order valence-corrected chi connectivity index (χ3v) is 4.33. The van der Waals surface area contributed by atoms with Crippen LogP contribution in [0.2, 0.25) is 0 Å². The summed E-state index contributed by atoms with van der Waals surface area (Å²) in [7, 11) is -2.93. The van der Waals surface area contributed by atoms with E-state index in [1.165, 1.54) is 6.26 Å². The van der Waals surface area contributed by atoms with Crippen molar-refractivity contribution < 1.29 is 13.5 Å². The van der Waals surface area contributed by atoms with E-state index in [2.05, 4.69) is 0 Å². The first-order valence-corrected chi connectivity index (χ1v) is 8.71. The van der Waals surface area contributed by atoms with Gasteiger partial charge in [0.2, 0.25) is 0 Å². The van der Waals surface area contributed by atoms with Crippen molar-refractivity contribution in [3.05, 3.63) is 29.8 Å². The van der Waals surface area contributed by atoms with E-state index in [4.69, 9.17) is 0 Å². The monoisotopic (exact) mass is 274 g/mol. The summed E-state index contributed by atoms with van der Waals surface area (Å²) < 4.78 is 22.0. The minimum absolute atomic E-state index is 0.130. The van der Waals surface area contributed by atoms with Crippen LogP contribution in [0.25, 0.3) is 0 Å². The van der Waals surface area contributed by atoms with Crippen LogP contribution in [-0.2, 0) is 9.84 Å². The predicted molar refractivity (Wildman–Crippen MR) is 72.1 cm³/mol. The van der Waals surface area contributed by atoms with Crippen LogP contribution in [0.5, 0.6) is 0 Å². The van der Waals surface area contributed by atoms with E-state index in [0.717, 1.165) is 10.5 Å². The SMILES string of the molecule is CSc1ccccc1C(O)CCCS(C)(=O)=O. The molecule has 1 atom stereocenters. The molecular formula is C12H18O3S2. The Morgan fingerprint density at radius 3 is 2.59 bits per heavy atom. The predicted octanol–water partition coefficient (Wildman–Crippen LogP) is 2.27. The van der Waals surface area contributed by atoms with Crippen LogP contribution in [0.1, 0.15) is 24.5 Å². The number of aliphatic hydroxyl groups excluding tert-OH is 1. The van der Waals surface area contributed by atoms with Crippen LogP contribution in [0, 0.1) is 0 Å². The first-order valence-electron chi connectivity index (χ1n) is 5.43. The quantitative estimate of drug-likeness (QED) is 0.809. The standard InChI is InChI=1S/C12H18O3S2/c1-16-12-8-4-3-6-10(12)11(13)7-5-9-17(2,14)15/h3-4,6,8,11,13H,5,7,9H2,1-2H3. The van der Waals surface area contributed by atoms with Crippen molar-refractivity contribution in [2.45, 2.75) is 23.8 Å². The third-order valence-electron chi connectivity index (χ3n) is 2.49. The lowest BCUT2D eigenvalue weighted by atomic mass is 10.1. The molecule has 0 aliphatic heterocycles. The van der Waals surface area contributed by atoms with Gasteiger partial charge in [0, 0.05) is 16.9 Å². The second-order valence-electron chi connectivity index (χ2n) is 4.03. The summed E-state index contributed by atoms with van der Waals surface area (Å²) in [5.74, 6) is 0.130. The Hall–Kier alpha value is -0.520. The van der Waals surface area contributed by atoms with Crippen molar-refractivity contribution in [2.24, 2.45) is 0 Å². The molecule has 0 aliphatic rings. The molecule has 0 radical (unpaired) electrons. The highest BCUT2D eigenvalue weighted by Gasteiger charge is 2.12. The number of hydrogen-bond donors (Lipinski definition) is 1. The van der Waals surface area contributed by atoms with Crippen LogP contribution in [0.15, 0.2) is 29.2 Å². The first-order chi connectivity index (χ1) is 7.94. The molecule has 5 heteroatoms. The minimum atomic E-state index is -2.93. The Kier molecular flexibility index (Phi) is 5.49. The van der Waals surface area contributed by atoms with Crippen molar-refractivity contribution in [3.8, 4) is 0 Å². The Morgan fingerprint density at radius 1 is 1.35 bits per heavy atom. The van der Waals surface area contributed by atoms with Crippen molar-refractivity contribution in [2.75, 3.05) is 18.3 Å². The Bertz CT molecular complexity index is 455.